The summed E-state index contributed by atoms with van der Waals surface area (Å²) in [6.45, 7) is 7.05. The molecule has 3 aromatic rings. The van der Waals surface area contributed by atoms with Crippen molar-refractivity contribution in [2.24, 2.45) is 0 Å². The molecule has 3 nitrogen and oxygen atoms in total. The fraction of sp³-hybridized carbons (Fsp3) is 0.304. The molecule has 0 spiro atoms. The van der Waals surface area contributed by atoms with Crippen molar-refractivity contribution in [1.82, 2.24) is 10.3 Å². The molecule has 0 saturated heterocycles. The normalized spacial score (nSPS) is 10.8. The predicted molar refractivity (Wildman–Crippen MR) is 112 cm³/mol. The average molecular weight is 379 g/mol. The Morgan fingerprint density at radius 1 is 1.07 bits per heavy atom. The third-order valence-corrected chi connectivity index (χ3v) is 5.57. The van der Waals surface area contributed by atoms with Crippen molar-refractivity contribution >= 4 is 17.2 Å². The Kier molecular flexibility index (Phi) is 6.40. The van der Waals surface area contributed by atoms with Gasteiger partial charge in [-0.25, -0.2) is 4.98 Å². The van der Waals surface area contributed by atoms with E-state index in [1.165, 1.54) is 27.8 Å². The van der Waals surface area contributed by atoms with E-state index in [9.17, 15) is 4.79 Å². The van der Waals surface area contributed by atoms with Gasteiger partial charge in [0.2, 0.25) is 5.91 Å². The van der Waals surface area contributed by atoms with Crippen LogP contribution in [0.1, 0.15) is 38.5 Å². The Morgan fingerprint density at radius 3 is 2.48 bits per heavy atom. The molecule has 140 valence electrons. The van der Waals surface area contributed by atoms with Gasteiger partial charge >= 0.3 is 0 Å². The molecular formula is C23H26N2OS. The highest BCUT2D eigenvalue weighted by atomic mass is 32.1. The molecule has 0 aliphatic heterocycles. The number of aryl methyl sites for hydroxylation is 3. The van der Waals surface area contributed by atoms with Crippen LogP contribution in [0.15, 0.2) is 47.8 Å². The van der Waals surface area contributed by atoms with E-state index in [1.54, 1.807) is 11.3 Å². The smallest absolute Gasteiger partial charge is 0.226 e. The van der Waals surface area contributed by atoms with E-state index in [0.717, 1.165) is 23.5 Å². The van der Waals surface area contributed by atoms with Crippen LogP contribution < -0.4 is 5.32 Å². The van der Waals surface area contributed by atoms with Crippen LogP contribution in [-0.4, -0.2) is 17.4 Å². The van der Waals surface area contributed by atoms with Gasteiger partial charge in [-0.2, -0.15) is 0 Å². The quantitative estimate of drug-likeness (QED) is 0.655. The van der Waals surface area contributed by atoms with Crippen LogP contribution in [0.5, 0.6) is 0 Å². The summed E-state index contributed by atoms with van der Waals surface area (Å²) in [5.41, 5.74) is 7.31. The van der Waals surface area contributed by atoms with Gasteiger partial charge in [-0.15, -0.1) is 11.3 Å². The molecule has 0 aliphatic rings. The zero-order valence-corrected chi connectivity index (χ0v) is 17.0. The van der Waals surface area contributed by atoms with Crippen molar-refractivity contribution in [3.05, 3.63) is 86.4 Å². The monoisotopic (exact) mass is 378 g/mol. The number of nitrogens with one attached hydrogen (secondary N) is 1. The maximum Gasteiger partial charge on any atom is 0.226 e. The first-order valence-corrected chi connectivity index (χ1v) is 10.2. The number of nitrogens with zero attached hydrogens (tertiary/aromatic N) is 1. The number of benzene rings is 2. The van der Waals surface area contributed by atoms with Crippen LogP contribution in [0.4, 0.5) is 0 Å². The van der Waals surface area contributed by atoms with Gasteiger partial charge in [-0.1, -0.05) is 48.0 Å². The van der Waals surface area contributed by atoms with Crippen molar-refractivity contribution in [3.63, 3.8) is 0 Å². The molecule has 0 unspecified atom stereocenters. The Labute approximate surface area is 165 Å². The lowest BCUT2D eigenvalue weighted by Gasteiger charge is -2.12. The summed E-state index contributed by atoms with van der Waals surface area (Å²) in [5, 5.41) is 6.08. The van der Waals surface area contributed by atoms with Gasteiger partial charge in [-0.3, -0.25) is 4.79 Å². The average Bonchev–Trinajstić information content (AvgIpc) is 3.05. The molecule has 1 heterocycles. The number of carbonyl (C=O) groups is 1. The van der Waals surface area contributed by atoms with Crippen LogP contribution >= 0.6 is 11.3 Å². The molecule has 0 atom stereocenters. The zero-order valence-electron chi connectivity index (χ0n) is 16.2. The molecule has 4 heteroatoms. The lowest BCUT2D eigenvalue weighted by molar-refractivity contribution is -0.120. The van der Waals surface area contributed by atoms with Crippen molar-refractivity contribution < 1.29 is 4.79 Å². The van der Waals surface area contributed by atoms with Crippen LogP contribution in [-0.2, 0) is 24.1 Å². The maximum atomic E-state index is 12.2. The van der Waals surface area contributed by atoms with Gasteiger partial charge in [0.25, 0.3) is 0 Å². The van der Waals surface area contributed by atoms with Crippen LogP contribution in [0.25, 0.3) is 0 Å². The van der Waals surface area contributed by atoms with Crippen LogP contribution in [0.2, 0.25) is 0 Å². The fourth-order valence-electron chi connectivity index (χ4n) is 3.44. The first-order chi connectivity index (χ1) is 13.0. The second kappa shape index (κ2) is 8.96. The Morgan fingerprint density at radius 2 is 1.78 bits per heavy atom. The largest absolute Gasteiger partial charge is 0.355 e. The second-order valence-electron chi connectivity index (χ2n) is 7.05. The molecule has 0 fully saturated rings. The number of hydrogen-bond acceptors (Lipinski definition) is 3. The third kappa shape index (κ3) is 5.51. The first kappa shape index (κ1) is 19.3. The van der Waals surface area contributed by atoms with E-state index < -0.39 is 0 Å². The van der Waals surface area contributed by atoms with Gasteiger partial charge in [0, 0.05) is 18.3 Å². The predicted octanol–water partition coefficient (Wildman–Crippen LogP) is 4.56. The molecule has 1 aromatic heterocycles. The van der Waals surface area contributed by atoms with Gasteiger partial charge in [0.15, 0.2) is 0 Å². The van der Waals surface area contributed by atoms with Gasteiger partial charge in [0.1, 0.15) is 0 Å². The second-order valence-corrected chi connectivity index (χ2v) is 7.99. The van der Waals surface area contributed by atoms with Crippen LogP contribution in [0.3, 0.4) is 0 Å². The minimum absolute atomic E-state index is 0.0361. The summed E-state index contributed by atoms with van der Waals surface area (Å²) < 4.78 is 0. The fourth-order valence-corrected chi connectivity index (χ4v) is 4.27. The number of hydrogen-bond donors (Lipinski definition) is 1. The molecule has 1 amide bonds. The molecular weight excluding hydrogens is 352 g/mol. The van der Waals surface area contributed by atoms with Gasteiger partial charge < -0.3 is 5.32 Å². The highest BCUT2D eigenvalue weighted by Gasteiger charge is 2.09. The number of rotatable bonds is 7. The summed E-state index contributed by atoms with van der Waals surface area (Å²) in [7, 11) is 0. The molecule has 0 bridgehead atoms. The molecule has 3 rings (SSSR count). The van der Waals surface area contributed by atoms with Crippen molar-refractivity contribution in [2.75, 3.05) is 6.54 Å². The van der Waals surface area contributed by atoms with Crippen molar-refractivity contribution in [3.8, 4) is 0 Å². The Balaban J connectivity index is 1.49. The number of carbonyl (C=O) groups excluding carboxylic acids is 1. The lowest BCUT2D eigenvalue weighted by Crippen LogP contribution is -2.27. The highest BCUT2D eigenvalue weighted by molar-refractivity contribution is 7.09. The van der Waals surface area contributed by atoms with Crippen molar-refractivity contribution in [2.45, 2.75) is 40.0 Å². The third-order valence-electron chi connectivity index (χ3n) is 4.68. The topological polar surface area (TPSA) is 42.0 Å². The Bertz CT molecular complexity index is 892. The lowest BCUT2D eigenvalue weighted by atomic mass is 9.97. The summed E-state index contributed by atoms with van der Waals surface area (Å²) >= 11 is 1.62. The van der Waals surface area contributed by atoms with E-state index in [1.807, 2.05) is 23.6 Å². The number of aromatic nitrogens is 1. The summed E-state index contributed by atoms with van der Waals surface area (Å²) in [5.74, 6) is 0.0361. The molecule has 27 heavy (non-hydrogen) atoms. The highest BCUT2D eigenvalue weighted by Crippen LogP contribution is 2.17. The van der Waals surface area contributed by atoms with E-state index in [2.05, 4.69) is 55.3 Å². The van der Waals surface area contributed by atoms with Crippen molar-refractivity contribution in [1.29, 1.82) is 0 Å². The maximum absolute atomic E-state index is 12.2. The standard InChI is InChI=1S/C23H26N2OS/c1-16-11-17(2)21(18(3)12-16)9-10-24-22(26)14-20-15-27-23(25-20)13-19-7-5-4-6-8-19/h4-8,11-12,15H,9-10,13-14H2,1-3H3,(H,24,26). The molecule has 1 N–H and O–H groups in total. The van der Waals surface area contributed by atoms with Gasteiger partial charge in [0.05, 0.1) is 17.1 Å². The van der Waals surface area contributed by atoms with E-state index in [4.69, 9.17) is 0 Å². The van der Waals surface area contributed by atoms with E-state index in [-0.39, 0.29) is 5.91 Å². The first-order valence-electron chi connectivity index (χ1n) is 9.32. The Hall–Kier alpha value is -2.46. The number of thiazole rings is 1. The summed E-state index contributed by atoms with van der Waals surface area (Å²) in [6.07, 6.45) is 2.02. The van der Waals surface area contributed by atoms with E-state index >= 15 is 0 Å². The minimum atomic E-state index is 0.0361. The van der Waals surface area contributed by atoms with Gasteiger partial charge in [-0.05, 0) is 49.4 Å². The molecule has 0 aliphatic carbocycles. The molecule has 0 saturated carbocycles. The zero-order chi connectivity index (χ0) is 19.2. The minimum Gasteiger partial charge on any atom is -0.355 e. The molecule has 0 radical (unpaired) electrons. The van der Waals surface area contributed by atoms with E-state index in [0.29, 0.717) is 13.0 Å². The van der Waals surface area contributed by atoms with Crippen LogP contribution in [0, 0.1) is 20.8 Å². The number of amides is 1. The summed E-state index contributed by atoms with van der Waals surface area (Å²) in [4.78, 5) is 16.9. The SMILES string of the molecule is Cc1cc(C)c(CCNC(=O)Cc2csc(Cc3ccccc3)n2)c(C)c1. The molecule has 2 aromatic carbocycles. The summed E-state index contributed by atoms with van der Waals surface area (Å²) in [6, 6.07) is 14.7.